The number of nitrogens with zero attached hydrogens (tertiary/aromatic N) is 2. The number of amides is 1. The molecular formula is C20H23ClN4OS. The minimum atomic E-state index is 0. The molecule has 0 aliphatic carbocycles. The molecular weight excluding hydrogens is 380 g/mol. The first-order valence-corrected chi connectivity index (χ1v) is 10.0. The summed E-state index contributed by atoms with van der Waals surface area (Å²) < 4.78 is 2.07. The van der Waals surface area contributed by atoms with Crippen molar-refractivity contribution >= 4 is 41.1 Å². The Morgan fingerprint density at radius 2 is 2.04 bits per heavy atom. The van der Waals surface area contributed by atoms with Crippen molar-refractivity contribution in [3.63, 3.8) is 0 Å². The van der Waals surface area contributed by atoms with Gasteiger partial charge >= 0.3 is 0 Å². The van der Waals surface area contributed by atoms with Crippen LogP contribution < -0.4 is 10.6 Å². The molecule has 0 bridgehead atoms. The molecule has 0 radical (unpaired) electrons. The number of hydrogen-bond donors (Lipinski definition) is 2. The zero-order valence-corrected chi connectivity index (χ0v) is 16.6. The quantitative estimate of drug-likeness (QED) is 0.688. The fraction of sp³-hybridized carbons (Fsp3) is 0.300. The van der Waals surface area contributed by atoms with Gasteiger partial charge in [-0.3, -0.25) is 9.36 Å². The topological polar surface area (TPSA) is 59.0 Å². The van der Waals surface area contributed by atoms with E-state index in [9.17, 15) is 4.79 Å². The molecule has 1 saturated heterocycles. The van der Waals surface area contributed by atoms with Crippen LogP contribution in [0.3, 0.4) is 0 Å². The number of thioether (sulfide) groups is 1. The Labute approximate surface area is 169 Å². The Morgan fingerprint density at radius 1 is 1.22 bits per heavy atom. The summed E-state index contributed by atoms with van der Waals surface area (Å²) in [5.74, 6) is 2.26. The SMILES string of the molecule is Cl.O=C(CC1CSCCN1)NCc1ccc(-n2cnc3ccccc32)cc1. The summed E-state index contributed by atoms with van der Waals surface area (Å²) in [6, 6.07) is 16.6. The van der Waals surface area contributed by atoms with Gasteiger partial charge in [-0.25, -0.2) is 4.98 Å². The molecule has 1 aliphatic rings. The van der Waals surface area contributed by atoms with Crippen LogP contribution >= 0.6 is 24.2 Å². The fourth-order valence-electron chi connectivity index (χ4n) is 3.19. The van der Waals surface area contributed by atoms with Gasteiger partial charge in [-0.1, -0.05) is 24.3 Å². The first-order chi connectivity index (χ1) is 12.8. The van der Waals surface area contributed by atoms with Crippen LogP contribution in [0.1, 0.15) is 12.0 Å². The number of imidazole rings is 1. The molecule has 1 aromatic heterocycles. The van der Waals surface area contributed by atoms with Gasteiger partial charge in [0.05, 0.1) is 11.0 Å². The molecule has 1 unspecified atom stereocenters. The van der Waals surface area contributed by atoms with Gasteiger partial charge in [0.2, 0.25) is 5.91 Å². The van der Waals surface area contributed by atoms with Gasteiger partial charge in [-0.05, 0) is 29.8 Å². The highest BCUT2D eigenvalue weighted by atomic mass is 35.5. The average Bonchev–Trinajstić information content (AvgIpc) is 3.12. The van der Waals surface area contributed by atoms with Gasteiger partial charge in [-0.15, -0.1) is 12.4 Å². The van der Waals surface area contributed by atoms with Gasteiger partial charge < -0.3 is 10.6 Å². The van der Waals surface area contributed by atoms with Gasteiger partial charge in [-0.2, -0.15) is 11.8 Å². The number of aromatic nitrogens is 2. The van der Waals surface area contributed by atoms with E-state index in [0.29, 0.717) is 19.0 Å². The van der Waals surface area contributed by atoms with E-state index in [1.54, 1.807) is 0 Å². The van der Waals surface area contributed by atoms with Crippen molar-refractivity contribution in [1.29, 1.82) is 0 Å². The zero-order valence-electron chi connectivity index (χ0n) is 14.9. The lowest BCUT2D eigenvalue weighted by atomic mass is 10.2. The van der Waals surface area contributed by atoms with Crippen LogP contribution in [0.25, 0.3) is 16.7 Å². The molecule has 1 fully saturated rings. The maximum absolute atomic E-state index is 12.1. The van der Waals surface area contributed by atoms with Crippen molar-refractivity contribution in [3.05, 3.63) is 60.4 Å². The number of para-hydroxylation sites is 2. The summed E-state index contributed by atoms with van der Waals surface area (Å²) in [4.78, 5) is 16.5. The van der Waals surface area contributed by atoms with Crippen LogP contribution in [-0.2, 0) is 11.3 Å². The lowest BCUT2D eigenvalue weighted by Crippen LogP contribution is -2.41. The molecule has 1 amide bonds. The Balaban J connectivity index is 0.00000210. The second-order valence-corrected chi connectivity index (χ2v) is 7.63. The summed E-state index contributed by atoms with van der Waals surface area (Å²) in [5, 5.41) is 6.42. The van der Waals surface area contributed by atoms with E-state index in [2.05, 4.69) is 50.5 Å². The monoisotopic (exact) mass is 402 g/mol. The summed E-state index contributed by atoms with van der Waals surface area (Å²) in [5.41, 5.74) is 4.24. The number of carbonyl (C=O) groups excluding carboxylic acids is 1. The normalized spacial score (nSPS) is 16.7. The van der Waals surface area contributed by atoms with Gasteiger partial charge in [0.15, 0.2) is 0 Å². The van der Waals surface area contributed by atoms with E-state index in [-0.39, 0.29) is 18.3 Å². The fourth-order valence-corrected chi connectivity index (χ4v) is 4.14. The number of halogens is 1. The molecule has 0 spiro atoms. The van der Waals surface area contributed by atoms with Crippen LogP contribution in [0.15, 0.2) is 54.9 Å². The second kappa shape index (κ2) is 9.26. The third-order valence-electron chi connectivity index (χ3n) is 4.59. The van der Waals surface area contributed by atoms with Crippen LogP contribution in [-0.4, -0.2) is 39.6 Å². The summed E-state index contributed by atoms with van der Waals surface area (Å²) >= 11 is 1.91. The summed E-state index contributed by atoms with van der Waals surface area (Å²) in [7, 11) is 0. The third kappa shape index (κ3) is 4.83. The molecule has 2 heterocycles. The maximum Gasteiger partial charge on any atom is 0.221 e. The number of benzene rings is 2. The molecule has 1 atom stereocenters. The largest absolute Gasteiger partial charge is 0.352 e. The molecule has 0 saturated carbocycles. The second-order valence-electron chi connectivity index (χ2n) is 6.48. The van der Waals surface area contributed by atoms with Crippen LogP contribution in [0.2, 0.25) is 0 Å². The highest BCUT2D eigenvalue weighted by molar-refractivity contribution is 7.99. The van der Waals surface area contributed by atoms with E-state index in [4.69, 9.17) is 0 Å². The smallest absolute Gasteiger partial charge is 0.221 e. The number of carbonyl (C=O) groups is 1. The van der Waals surface area contributed by atoms with Crippen LogP contribution in [0.4, 0.5) is 0 Å². The van der Waals surface area contributed by atoms with E-state index in [1.807, 2.05) is 36.3 Å². The summed E-state index contributed by atoms with van der Waals surface area (Å²) in [6.45, 7) is 1.55. The molecule has 142 valence electrons. The zero-order chi connectivity index (χ0) is 17.8. The Hall–Kier alpha value is -2.02. The van der Waals surface area contributed by atoms with Crippen molar-refractivity contribution in [1.82, 2.24) is 20.2 Å². The Morgan fingerprint density at radius 3 is 2.81 bits per heavy atom. The van der Waals surface area contributed by atoms with Crippen molar-refractivity contribution in [3.8, 4) is 5.69 Å². The first kappa shape index (κ1) is 19.7. The van der Waals surface area contributed by atoms with E-state index < -0.39 is 0 Å². The van der Waals surface area contributed by atoms with E-state index >= 15 is 0 Å². The lowest BCUT2D eigenvalue weighted by molar-refractivity contribution is -0.121. The number of nitrogens with one attached hydrogen (secondary N) is 2. The van der Waals surface area contributed by atoms with Crippen molar-refractivity contribution in [2.75, 3.05) is 18.1 Å². The highest BCUT2D eigenvalue weighted by Crippen LogP contribution is 2.18. The summed E-state index contributed by atoms with van der Waals surface area (Å²) in [6.07, 6.45) is 2.39. The maximum atomic E-state index is 12.1. The third-order valence-corrected chi connectivity index (χ3v) is 5.72. The van der Waals surface area contributed by atoms with Gasteiger partial charge in [0.25, 0.3) is 0 Å². The number of hydrogen-bond acceptors (Lipinski definition) is 4. The number of fused-ring (bicyclic) bond motifs is 1. The minimum absolute atomic E-state index is 0. The molecule has 3 aromatic rings. The molecule has 27 heavy (non-hydrogen) atoms. The Kier molecular flexibility index (Phi) is 6.77. The predicted molar refractivity (Wildman–Crippen MR) is 114 cm³/mol. The van der Waals surface area contributed by atoms with Gasteiger partial charge in [0, 0.05) is 42.7 Å². The van der Waals surface area contributed by atoms with Crippen LogP contribution in [0.5, 0.6) is 0 Å². The standard InChI is InChI=1S/C20H22N4OS.ClH/c25-20(11-16-13-26-10-9-21-16)22-12-15-5-7-17(8-6-15)24-14-23-18-3-1-2-4-19(18)24;/h1-8,14,16,21H,9-13H2,(H,22,25);1H. The lowest BCUT2D eigenvalue weighted by Gasteiger charge is -2.22. The molecule has 5 nitrogen and oxygen atoms in total. The molecule has 2 aromatic carbocycles. The van der Waals surface area contributed by atoms with Gasteiger partial charge in [0.1, 0.15) is 6.33 Å². The van der Waals surface area contributed by atoms with Crippen molar-refractivity contribution < 1.29 is 4.79 Å². The van der Waals surface area contributed by atoms with Crippen LogP contribution in [0, 0.1) is 0 Å². The predicted octanol–water partition coefficient (Wildman–Crippen LogP) is 3.16. The van der Waals surface area contributed by atoms with E-state index in [0.717, 1.165) is 40.3 Å². The average molecular weight is 403 g/mol. The van der Waals surface area contributed by atoms with Crippen molar-refractivity contribution in [2.24, 2.45) is 0 Å². The molecule has 1 aliphatic heterocycles. The van der Waals surface area contributed by atoms with Crippen molar-refractivity contribution in [2.45, 2.75) is 19.0 Å². The molecule has 4 rings (SSSR count). The first-order valence-electron chi connectivity index (χ1n) is 8.89. The van der Waals surface area contributed by atoms with E-state index in [1.165, 1.54) is 0 Å². The minimum Gasteiger partial charge on any atom is -0.352 e. The molecule has 7 heteroatoms. The highest BCUT2D eigenvalue weighted by Gasteiger charge is 2.16. The Bertz CT molecular complexity index is 890. The molecule has 2 N–H and O–H groups in total. The number of rotatable bonds is 5.